The number of carbonyl (C=O) groups is 2. The lowest BCUT2D eigenvalue weighted by Gasteiger charge is -2.24. The van der Waals surface area contributed by atoms with Crippen molar-refractivity contribution in [2.75, 3.05) is 10.2 Å². The summed E-state index contributed by atoms with van der Waals surface area (Å²) in [5.41, 5.74) is 4.58. The number of halogens is 1. The summed E-state index contributed by atoms with van der Waals surface area (Å²) in [6, 6.07) is 22.0. The van der Waals surface area contributed by atoms with Gasteiger partial charge in [-0.25, -0.2) is 0 Å². The van der Waals surface area contributed by atoms with Crippen LogP contribution in [-0.2, 0) is 22.6 Å². The molecular weight excluding hydrogens is 466 g/mol. The number of carbonyl (C=O) groups excluding carboxylic acids is 2. The molecule has 0 radical (unpaired) electrons. The zero-order valence-electron chi connectivity index (χ0n) is 19.1. The number of rotatable bonds is 7. The highest BCUT2D eigenvalue weighted by molar-refractivity contribution is 7.80. The van der Waals surface area contributed by atoms with E-state index in [-0.39, 0.29) is 18.2 Å². The zero-order chi connectivity index (χ0) is 24.2. The molecule has 7 heteroatoms. The van der Waals surface area contributed by atoms with Gasteiger partial charge in [-0.15, -0.1) is 0 Å². The first-order valence-electron chi connectivity index (χ1n) is 11.2. The number of benzene rings is 3. The van der Waals surface area contributed by atoms with Gasteiger partial charge in [-0.1, -0.05) is 60.5 Å². The van der Waals surface area contributed by atoms with E-state index in [0.29, 0.717) is 28.1 Å². The Bertz CT molecular complexity index is 1210. The van der Waals surface area contributed by atoms with Gasteiger partial charge in [-0.05, 0) is 73.1 Å². The van der Waals surface area contributed by atoms with E-state index in [2.05, 4.69) is 12.2 Å². The van der Waals surface area contributed by atoms with Crippen LogP contribution in [-0.4, -0.2) is 27.9 Å². The Morgan fingerprint density at radius 1 is 1.03 bits per heavy atom. The van der Waals surface area contributed by atoms with Gasteiger partial charge in [0.15, 0.2) is 5.11 Å². The molecule has 1 aliphatic rings. The lowest BCUT2D eigenvalue weighted by Crippen LogP contribution is -2.37. The zero-order valence-corrected chi connectivity index (χ0v) is 20.7. The van der Waals surface area contributed by atoms with E-state index < -0.39 is 6.04 Å². The SMILES string of the molecule is CCc1ccc(NC(=O)C[C@@H]2C(=O)N(c3ccc(C)cc3)C(=S)N2Cc2cccc(Cl)c2)cc1. The van der Waals surface area contributed by atoms with Crippen LogP contribution in [0.25, 0.3) is 0 Å². The van der Waals surface area contributed by atoms with Crippen molar-refractivity contribution in [3.8, 4) is 0 Å². The summed E-state index contributed by atoms with van der Waals surface area (Å²) in [5, 5.41) is 3.89. The average molecular weight is 492 g/mol. The fraction of sp³-hybridized carbons (Fsp3) is 0.222. The summed E-state index contributed by atoms with van der Waals surface area (Å²) >= 11 is 11.9. The van der Waals surface area contributed by atoms with Gasteiger partial charge in [0.2, 0.25) is 5.91 Å². The summed E-state index contributed by atoms with van der Waals surface area (Å²) in [6.07, 6.45) is 0.910. The maximum atomic E-state index is 13.5. The molecule has 0 unspecified atom stereocenters. The largest absolute Gasteiger partial charge is 0.332 e. The second-order valence-corrected chi connectivity index (χ2v) is 9.17. The molecule has 4 rings (SSSR count). The molecule has 1 N–H and O–H groups in total. The van der Waals surface area contributed by atoms with Crippen LogP contribution in [0.5, 0.6) is 0 Å². The van der Waals surface area contributed by atoms with Gasteiger partial charge in [-0.2, -0.15) is 0 Å². The maximum absolute atomic E-state index is 13.5. The second-order valence-electron chi connectivity index (χ2n) is 8.37. The first-order valence-corrected chi connectivity index (χ1v) is 12.0. The van der Waals surface area contributed by atoms with E-state index in [9.17, 15) is 9.59 Å². The summed E-state index contributed by atoms with van der Waals surface area (Å²) in [5.74, 6) is -0.459. The lowest BCUT2D eigenvalue weighted by atomic mass is 10.1. The predicted molar refractivity (Wildman–Crippen MR) is 141 cm³/mol. The highest BCUT2D eigenvalue weighted by Crippen LogP contribution is 2.29. The average Bonchev–Trinajstić information content (AvgIpc) is 3.04. The number of hydrogen-bond donors (Lipinski definition) is 1. The lowest BCUT2D eigenvalue weighted by molar-refractivity contribution is -0.124. The molecule has 0 aromatic heterocycles. The number of nitrogens with one attached hydrogen (secondary N) is 1. The third kappa shape index (κ3) is 5.29. The van der Waals surface area contributed by atoms with E-state index in [1.165, 1.54) is 10.5 Å². The highest BCUT2D eigenvalue weighted by Gasteiger charge is 2.44. The molecule has 174 valence electrons. The molecule has 0 bridgehead atoms. The Hall–Kier alpha value is -3.22. The van der Waals surface area contributed by atoms with Crippen LogP contribution in [0.4, 0.5) is 11.4 Å². The molecule has 0 spiro atoms. The molecule has 1 saturated heterocycles. The Morgan fingerprint density at radius 2 is 1.74 bits per heavy atom. The molecule has 2 amide bonds. The van der Waals surface area contributed by atoms with Gasteiger partial charge in [0.1, 0.15) is 6.04 Å². The van der Waals surface area contributed by atoms with Gasteiger partial charge in [0.25, 0.3) is 5.91 Å². The van der Waals surface area contributed by atoms with Crippen molar-refractivity contribution in [1.29, 1.82) is 0 Å². The van der Waals surface area contributed by atoms with E-state index in [0.717, 1.165) is 17.5 Å². The smallest absolute Gasteiger partial charge is 0.256 e. The number of anilines is 2. The Balaban J connectivity index is 1.59. The number of nitrogens with zero attached hydrogens (tertiary/aromatic N) is 2. The standard InChI is InChI=1S/C27H26ClN3O2S/c1-3-19-9-11-22(12-10-19)29-25(32)16-24-26(33)31(23-13-7-18(2)8-14-23)27(34)30(24)17-20-5-4-6-21(28)15-20/h4-15,24H,3,16-17H2,1-2H3,(H,29,32)/t24-/m1/s1. The van der Waals surface area contributed by atoms with E-state index in [4.69, 9.17) is 23.8 Å². The molecule has 1 atom stereocenters. The fourth-order valence-electron chi connectivity index (χ4n) is 3.99. The summed E-state index contributed by atoms with van der Waals surface area (Å²) in [7, 11) is 0. The van der Waals surface area contributed by atoms with E-state index >= 15 is 0 Å². The highest BCUT2D eigenvalue weighted by atomic mass is 35.5. The van der Waals surface area contributed by atoms with Crippen LogP contribution in [0.3, 0.4) is 0 Å². The Kier molecular flexibility index (Phi) is 7.29. The van der Waals surface area contributed by atoms with Crippen molar-refractivity contribution in [2.45, 2.75) is 39.3 Å². The molecule has 0 saturated carbocycles. The summed E-state index contributed by atoms with van der Waals surface area (Å²) in [4.78, 5) is 29.8. The van der Waals surface area contributed by atoms with Crippen molar-refractivity contribution in [1.82, 2.24) is 4.90 Å². The molecule has 0 aliphatic carbocycles. The topological polar surface area (TPSA) is 52.7 Å². The molecule has 1 heterocycles. The minimum absolute atomic E-state index is 0.0164. The van der Waals surface area contributed by atoms with Gasteiger partial charge < -0.3 is 10.2 Å². The van der Waals surface area contributed by atoms with Crippen molar-refractivity contribution >= 4 is 52.1 Å². The molecule has 1 aliphatic heterocycles. The molecule has 5 nitrogen and oxygen atoms in total. The summed E-state index contributed by atoms with van der Waals surface area (Å²) < 4.78 is 0. The van der Waals surface area contributed by atoms with Crippen molar-refractivity contribution in [3.05, 3.63) is 94.5 Å². The van der Waals surface area contributed by atoms with Crippen LogP contribution in [0.1, 0.15) is 30.0 Å². The Morgan fingerprint density at radius 3 is 2.38 bits per heavy atom. The monoisotopic (exact) mass is 491 g/mol. The van der Waals surface area contributed by atoms with Gasteiger partial charge >= 0.3 is 0 Å². The van der Waals surface area contributed by atoms with Crippen LogP contribution >= 0.6 is 23.8 Å². The quantitative estimate of drug-likeness (QED) is 0.428. The Labute approximate surface area is 210 Å². The van der Waals surface area contributed by atoms with Crippen LogP contribution in [0, 0.1) is 6.92 Å². The number of aryl methyl sites for hydroxylation is 2. The fourth-order valence-corrected chi connectivity index (χ4v) is 4.59. The third-order valence-electron chi connectivity index (χ3n) is 5.88. The van der Waals surface area contributed by atoms with E-state index in [1.54, 1.807) is 6.07 Å². The third-order valence-corrected chi connectivity index (χ3v) is 6.53. The van der Waals surface area contributed by atoms with Crippen LogP contribution < -0.4 is 10.2 Å². The van der Waals surface area contributed by atoms with Gasteiger partial charge in [-0.3, -0.25) is 14.5 Å². The minimum Gasteiger partial charge on any atom is -0.332 e. The molecular formula is C27H26ClN3O2S. The molecule has 3 aromatic carbocycles. The van der Waals surface area contributed by atoms with E-state index in [1.807, 2.05) is 78.6 Å². The molecule has 3 aromatic rings. The van der Waals surface area contributed by atoms with Gasteiger partial charge in [0.05, 0.1) is 12.1 Å². The second kappa shape index (κ2) is 10.4. The normalized spacial score (nSPS) is 15.7. The number of thiocarbonyl (C=S) groups is 1. The number of hydrogen-bond acceptors (Lipinski definition) is 3. The van der Waals surface area contributed by atoms with Crippen molar-refractivity contribution in [3.63, 3.8) is 0 Å². The van der Waals surface area contributed by atoms with Gasteiger partial charge in [0, 0.05) is 17.3 Å². The number of amides is 2. The van der Waals surface area contributed by atoms with Crippen LogP contribution in [0.2, 0.25) is 5.02 Å². The predicted octanol–water partition coefficient (Wildman–Crippen LogP) is 5.74. The minimum atomic E-state index is -0.720. The molecule has 1 fully saturated rings. The maximum Gasteiger partial charge on any atom is 0.256 e. The van der Waals surface area contributed by atoms with Crippen molar-refractivity contribution in [2.24, 2.45) is 0 Å². The van der Waals surface area contributed by atoms with Crippen molar-refractivity contribution < 1.29 is 9.59 Å². The van der Waals surface area contributed by atoms with Crippen LogP contribution in [0.15, 0.2) is 72.8 Å². The summed E-state index contributed by atoms with van der Waals surface area (Å²) in [6.45, 7) is 4.44. The molecule has 34 heavy (non-hydrogen) atoms. The first kappa shape index (κ1) is 23.9. The first-order chi connectivity index (χ1) is 16.4.